The summed E-state index contributed by atoms with van der Waals surface area (Å²) in [6, 6.07) is 5.70. The minimum absolute atomic E-state index is 0. The van der Waals surface area contributed by atoms with Gasteiger partial charge in [-0.1, -0.05) is 19.1 Å². The highest BCUT2D eigenvalue weighted by atomic mass is 79.9. The second-order valence-electron chi connectivity index (χ2n) is 3.36. The Morgan fingerprint density at radius 2 is 2.23 bits per heavy atom. The van der Waals surface area contributed by atoms with E-state index in [-0.39, 0.29) is 17.0 Å². The van der Waals surface area contributed by atoms with Crippen LogP contribution in [0.5, 0.6) is 5.75 Å². The van der Waals surface area contributed by atoms with Gasteiger partial charge >= 0.3 is 0 Å². The summed E-state index contributed by atoms with van der Waals surface area (Å²) in [4.78, 5) is 0. The topological polar surface area (TPSA) is 32.3 Å². The predicted molar refractivity (Wildman–Crippen MR) is 60.0 cm³/mol. The average molecular weight is 244 g/mol. The van der Waals surface area contributed by atoms with E-state index in [1.807, 2.05) is 6.07 Å². The zero-order valence-electron chi connectivity index (χ0n) is 7.58. The lowest BCUT2D eigenvalue weighted by molar-refractivity contribution is 0.474. The fourth-order valence-corrected chi connectivity index (χ4v) is 1.73. The van der Waals surface area contributed by atoms with E-state index in [0.29, 0.717) is 11.7 Å². The van der Waals surface area contributed by atoms with E-state index >= 15 is 0 Å². The van der Waals surface area contributed by atoms with E-state index in [1.165, 1.54) is 5.56 Å². The van der Waals surface area contributed by atoms with Crippen LogP contribution < -0.4 is 5.32 Å². The van der Waals surface area contributed by atoms with Crippen LogP contribution in [-0.2, 0) is 0 Å². The van der Waals surface area contributed by atoms with Crippen LogP contribution in [0, 0.1) is 0 Å². The summed E-state index contributed by atoms with van der Waals surface area (Å²) in [5.74, 6) is 0.937. The highest BCUT2D eigenvalue weighted by Gasteiger charge is 2.17. The van der Waals surface area contributed by atoms with Crippen molar-refractivity contribution in [1.82, 2.24) is 0 Å². The number of aromatic hydroxyl groups is 1. The summed E-state index contributed by atoms with van der Waals surface area (Å²) in [7, 11) is 0. The van der Waals surface area contributed by atoms with Crippen molar-refractivity contribution in [3.8, 4) is 5.75 Å². The maximum absolute atomic E-state index is 9.51. The summed E-state index contributed by atoms with van der Waals surface area (Å²) < 4.78 is 0. The first kappa shape index (κ1) is 10.4. The number of nitrogens with one attached hydrogen (secondary N) is 1. The molecule has 0 saturated carbocycles. The van der Waals surface area contributed by atoms with Crippen molar-refractivity contribution in [2.45, 2.75) is 19.3 Å². The van der Waals surface area contributed by atoms with Gasteiger partial charge in [-0.15, -0.1) is 17.0 Å². The molecule has 0 aromatic heterocycles. The number of fused-ring (bicyclic) bond motifs is 1. The van der Waals surface area contributed by atoms with Crippen LogP contribution in [0.4, 0.5) is 5.69 Å². The van der Waals surface area contributed by atoms with Crippen molar-refractivity contribution in [3.05, 3.63) is 23.8 Å². The Balaban J connectivity index is 0.000000845. The molecule has 2 rings (SSSR count). The molecule has 2 N–H and O–H groups in total. The third-order valence-corrected chi connectivity index (χ3v) is 2.48. The van der Waals surface area contributed by atoms with Crippen molar-refractivity contribution >= 4 is 22.7 Å². The Morgan fingerprint density at radius 3 is 2.92 bits per heavy atom. The van der Waals surface area contributed by atoms with Crippen molar-refractivity contribution in [2.24, 2.45) is 0 Å². The fourth-order valence-electron chi connectivity index (χ4n) is 1.73. The average Bonchev–Trinajstić information content (AvgIpc) is 2.07. The molecule has 0 amide bonds. The smallest absolute Gasteiger partial charge is 0.138 e. The fraction of sp³-hybridized carbons (Fsp3) is 0.400. The van der Waals surface area contributed by atoms with E-state index in [9.17, 15) is 5.11 Å². The van der Waals surface area contributed by atoms with E-state index in [2.05, 4.69) is 18.3 Å². The molecule has 2 nitrogen and oxygen atoms in total. The van der Waals surface area contributed by atoms with Gasteiger partial charge in [-0.25, -0.2) is 0 Å². The molecule has 0 saturated heterocycles. The SMILES string of the molecule is Br.CC1CCNc2c(O)cccc21. The minimum atomic E-state index is 0. The molecular weight excluding hydrogens is 230 g/mol. The van der Waals surface area contributed by atoms with Crippen LogP contribution >= 0.6 is 17.0 Å². The van der Waals surface area contributed by atoms with Gasteiger partial charge in [0.05, 0.1) is 5.69 Å². The molecule has 1 unspecified atom stereocenters. The van der Waals surface area contributed by atoms with Crippen LogP contribution in [0.2, 0.25) is 0 Å². The lowest BCUT2D eigenvalue weighted by Crippen LogP contribution is -2.14. The molecule has 0 aliphatic carbocycles. The molecule has 1 atom stereocenters. The molecule has 1 aromatic carbocycles. The molecule has 1 aromatic rings. The Bertz CT molecular complexity index is 301. The van der Waals surface area contributed by atoms with Crippen molar-refractivity contribution in [3.63, 3.8) is 0 Å². The molecule has 13 heavy (non-hydrogen) atoms. The number of anilines is 1. The molecule has 0 bridgehead atoms. The summed E-state index contributed by atoms with van der Waals surface area (Å²) in [6.07, 6.45) is 1.15. The number of rotatable bonds is 0. The Hall–Kier alpha value is -0.700. The van der Waals surface area contributed by atoms with E-state index in [0.717, 1.165) is 18.7 Å². The van der Waals surface area contributed by atoms with Crippen molar-refractivity contribution in [1.29, 1.82) is 0 Å². The number of hydrogen-bond acceptors (Lipinski definition) is 2. The maximum atomic E-state index is 9.51. The summed E-state index contributed by atoms with van der Waals surface area (Å²) in [5.41, 5.74) is 2.16. The lowest BCUT2D eigenvalue weighted by Gasteiger charge is -2.24. The van der Waals surface area contributed by atoms with Gasteiger partial charge in [0.25, 0.3) is 0 Å². The Morgan fingerprint density at radius 1 is 1.46 bits per heavy atom. The van der Waals surface area contributed by atoms with E-state index < -0.39 is 0 Å². The van der Waals surface area contributed by atoms with Crippen LogP contribution in [0.25, 0.3) is 0 Å². The Labute approximate surface area is 88.7 Å². The van der Waals surface area contributed by atoms with Gasteiger partial charge < -0.3 is 10.4 Å². The van der Waals surface area contributed by atoms with E-state index in [4.69, 9.17) is 0 Å². The standard InChI is InChI=1S/C10H13NO.BrH/c1-7-5-6-11-10-8(7)3-2-4-9(10)12;/h2-4,7,11-12H,5-6H2,1H3;1H. The zero-order chi connectivity index (χ0) is 8.55. The third kappa shape index (κ3) is 1.80. The molecule has 0 spiro atoms. The minimum Gasteiger partial charge on any atom is -0.506 e. The summed E-state index contributed by atoms with van der Waals surface area (Å²) in [6.45, 7) is 3.16. The molecule has 1 aliphatic rings. The molecule has 0 radical (unpaired) electrons. The normalized spacial score (nSPS) is 19.6. The third-order valence-electron chi connectivity index (χ3n) is 2.48. The van der Waals surface area contributed by atoms with Gasteiger partial charge in [0.1, 0.15) is 5.75 Å². The molecular formula is C10H14BrNO. The Kier molecular flexibility index (Phi) is 3.20. The highest BCUT2D eigenvalue weighted by Crippen LogP contribution is 2.36. The quantitative estimate of drug-likeness (QED) is 0.688. The maximum Gasteiger partial charge on any atom is 0.138 e. The second-order valence-corrected chi connectivity index (χ2v) is 3.36. The number of benzene rings is 1. The number of para-hydroxylation sites is 1. The number of phenolic OH excluding ortho intramolecular Hbond substituents is 1. The largest absolute Gasteiger partial charge is 0.506 e. The first-order valence-electron chi connectivity index (χ1n) is 4.35. The van der Waals surface area contributed by atoms with E-state index in [1.54, 1.807) is 6.07 Å². The van der Waals surface area contributed by atoms with Crippen molar-refractivity contribution in [2.75, 3.05) is 11.9 Å². The van der Waals surface area contributed by atoms with Gasteiger partial charge in [-0.3, -0.25) is 0 Å². The molecule has 1 heterocycles. The zero-order valence-corrected chi connectivity index (χ0v) is 9.29. The van der Waals surface area contributed by atoms with Crippen LogP contribution in [0.15, 0.2) is 18.2 Å². The van der Waals surface area contributed by atoms with Crippen LogP contribution in [-0.4, -0.2) is 11.7 Å². The summed E-state index contributed by atoms with van der Waals surface area (Å²) >= 11 is 0. The molecule has 3 heteroatoms. The van der Waals surface area contributed by atoms with Gasteiger partial charge in [-0.05, 0) is 24.0 Å². The number of hydrogen-bond donors (Lipinski definition) is 2. The monoisotopic (exact) mass is 243 g/mol. The summed E-state index contributed by atoms with van der Waals surface area (Å²) in [5, 5.41) is 12.7. The lowest BCUT2D eigenvalue weighted by atomic mass is 9.92. The van der Waals surface area contributed by atoms with Crippen LogP contribution in [0.3, 0.4) is 0 Å². The van der Waals surface area contributed by atoms with Gasteiger partial charge in [0, 0.05) is 6.54 Å². The molecule has 1 aliphatic heterocycles. The highest BCUT2D eigenvalue weighted by molar-refractivity contribution is 8.93. The van der Waals surface area contributed by atoms with Crippen LogP contribution in [0.1, 0.15) is 24.8 Å². The molecule has 72 valence electrons. The van der Waals surface area contributed by atoms with Crippen molar-refractivity contribution < 1.29 is 5.11 Å². The molecule has 0 fully saturated rings. The van der Waals surface area contributed by atoms with Gasteiger partial charge in [-0.2, -0.15) is 0 Å². The van der Waals surface area contributed by atoms with Gasteiger partial charge in [0.2, 0.25) is 0 Å². The predicted octanol–water partition coefficient (Wildman–Crippen LogP) is 2.89. The second kappa shape index (κ2) is 4.01. The van der Waals surface area contributed by atoms with Gasteiger partial charge in [0.15, 0.2) is 0 Å². The first-order chi connectivity index (χ1) is 5.79. The number of halogens is 1. The first-order valence-corrected chi connectivity index (χ1v) is 4.35. The number of phenols is 1.